The normalized spacial score (nSPS) is 10.4. The van der Waals surface area contributed by atoms with Gasteiger partial charge >= 0.3 is 0 Å². The fourth-order valence-corrected chi connectivity index (χ4v) is 1.52. The van der Waals surface area contributed by atoms with Crippen LogP contribution in [0.5, 0.6) is 5.75 Å². The van der Waals surface area contributed by atoms with E-state index in [1.807, 2.05) is 19.1 Å². The van der Waals surface area contributed by atoms with Crippen LogP contribution in [0.15, 0.2) is 30.4 Å². The highest BCUT2D eigenvalue weighted by Crippen LogP contribution is 2.23. The molecule has 0 fully saturated rings. The fraction of sp³-hybridized carbons (Fsp3) is 0.308. The lowest BCUT2D eigenvalue weighted by molar-refractivity contribution is -0.384. The molecule has 0 saturated carbocycles. The highest BCUT2D eigenvalue weighted by molar-refractivity contribution is 5.97. The van der Waals surface area contributed by atoms with Gasteiger partial charge in [-0.3, -0.25) is 14.9 Å². The number of carbonyl (C=O) groups excluding carboxylic acids is 1. The molecule has 1 rings (SSSR count). The van der Waals surface area contributed by atoms with Crippen molar-refractivity contribution in [3.8, 4) is 5.75 Å². The van der Waals surface area contributed by atoms with Crippen LogP contribution in [0.3, 0.4) is 0 Å². The van der Waals surface area contributed by atoms with E-state index in [2.05, 4.69) is 5.32 Å². The third-order valence-corrected chi connectivity index (χ3v) is 2.47. The Bertz CT molecular complexity index is 497. The van der Waals surface area contributed by atoms with Gasteiger partial charge in [-0.15, -0.1) is 0 Å². The van der Waals surface area contributed by atoms with Crippen molar-refractivity contribution in [1.29, 1.82) is 0 Å². The molecule has 19 heavy (non-hydrogen) atoms. The average Bonchev–Trinajstić information content (AvgIpc) is 2.42. The zero-order valence-electron chi connectivity index (χ0n) is 10.9. The molecule has 0 heterocycles. The van der Waals surface area contributed by atoms with E-state index in [0.29, 0.717) is 18.7 Å². The summed E-state index contributed by atoms with van der Waals surface area (Å²) in [6, 6.07) is 3.93. The number of carbonyl (C=O) groups is 1. The van der Waals surface area contributed by atoms with Gasteiger partial charge in [0.25, 0.3) is 11.6 Å². The van der Waals surface area contributed by atoms with Crippen LogP contribution < -0.4 is 10.1 Å². The van der Waals surface area contributed by atoms with Gasteiger partial charge in [0.15, 0.2) is 0 Å². The summed E-state index contributed by atoms with van der Waals surface area (Å²) in [5.74, 6) is -0.0702. The van der Waals surface area contributed by atoms with Crippen LogP contribution in [0.2, 0.25) is 0 Å². The molecule has 0 spiro atoms. The predicted molar refractivity (Wildman–Crippen MR) is 71.4 cm³/mol. The number of nitro groups is 1. The average molecular weight is 264 g/mol. The molecular formula is C13H16N2O4. The molecule has 0 unspecified atom stereocenters. The topological polar surface area (TPSA) is 81.5 Å². The van der Waals surface area contributed by atoms with E-state index in [-0.39, 0.29) is 17.2 Å². The Balaban J connectivity index is 2.86. The van der Waals surface area contributed by atoms with Gasteiger partial charge in [0.2, 0.25) is 0 Å². The van der Waals surface area contributed by atoms with Crippen molar-refractivity contribution in [1.82, 2.24) is 5.32 Å². The summed E-state index contributed by atoms with van der Waals surface area (Å²) in [4.78, 5) is 22.1. The number of rotatable bonds is 6. The minimum atomic E-state index is -0.546. The number of nitrogens with zero attached hydrogens (tertiary/aromatic N) is 1. The summed E-state index contributed by atoms with van der Waals surface area (Å²) < 4.78 is 5.03. The third-order valence-electron chi connectivity index (χ3n) is 2.47. The van der Waals surface area contributed by atoms with E-state index in [1.165, 1.54) is 25.3 Å². The van der Waals surface area contributed by atoms with Crippen LogP contribution in [0.1, 0.15) is 23.7 Å². The third kappa shape index (κ3) is 4.09. The number of non-ortho nitro benzene ring substituents is 1. The van der Waals surface area contributed by atoms with Crippen molar-refractivity contribution >= 4 is 11.6 Å². The lowest BCUT2D eigenvalue weighted by atomic mass is 10.1. The van der Waals surface area contributed by atoms with Crippen molar-refractivity contribution in [2.45, 2.75) is 13.3 Å². The summed E-state index contributed by atoms with van der Waals surface area (Å²) in [6.07, 6.45) is 4.52. The number of amides is 1. The van der Waals surface area contributed by atoms with Crippen LogP contribution >= 0.6 is 0 Å². The number of nitro benzene ring substituents is 1. The maximum absolute atomic E-state index is 11.9. The number of allylic oxidation sites excluding steroid dienone is 1. The Morgan fingerprint density at radius 2 is 2.26 bits per heavy atom. The molecule has 1 amide bonds. The van der Waals surface area contributed by atoms with Gasteiger partial charge in [0.1, 0.15) is 5.75 Å². The first-order valence-electron chi connectivity index (χ1n) is 5.82. The summed E-state index contributed by atoms with van der Waals surface area (Å²) in [7, 11) is 1.41. The number of hydrogen-bond acceptors (Lipinski definition) is 4. The Hall–Kier alpha value is -2.37. The molecular weight excluding hydrogens is 248 g/mol. The van der Waals surface area contributed by atoms with Crippen molar-refractivity contribution in [2.24, 2.45) is 0 Å². The molecule has 0 aliphatic rings. The van der Waals surface area contributed by atoms with E-state index in [1.54, 1.807) is 0 Å². The molecule has 0 atom stereocenters. The van der Waals surface area contributed by atoms with Gasteiger partial charge in [-0.25, -0.2) is 0 Å². The fourth-order valence-electron chi connectivity index (χ4n) is 1.52. The van der Waals surface area contributed by atoms with Crippen LogP contribution in [0.4, 0.5) is 5.69 Å². The number of benzene rings is 1. The monoisotopic (exact) mass is 264 g/mol. The molecule has 102 valence electrons. The Labute approximate surface area is 111 Å². The quantitative estimate of drug-likeness (QED) is 0.370. The Morgan fingerprint density at radius 1 is 1.53 bits per heavy atom. The molecule has 0 radical (unpaired) electrons. The van der Waals surface area contributed by atoms with Crippen molar-refractivity contribution in [3.05, 3.63) is 46.0 Å². The summed E-state index contributed by atoms with van der Waals surface area (Å²) in [5.41, 5.74) is 0.0246. The minimum absolute atomic E-state index is 0.139. The first kappa shape index (κ1) is 14.7. The van der Waals surface area contributed by atoms with Gasteiger partial charge in [-0.05, 0) is 19.4 Å². The number of methoxy groups -OCH3 is 1. The lowest BCUT2D eigenvalue weighted by Gasteiger charge is -2.08. The summed E-state index contributed by atoms with van der Waals surface area (Å²) in [6.45, 7) is 2.36. The number of hydrogen-bond donors (Lipinski definition) is 1. The van der Waals surface area contributed by atoms with Gasteiger partial charge in [0.05, 0.1) is 17.6 Å². The lowest BCUT2D eigenvalue weighted by Crippen LogP contribution is -2.24. The first-order valence-corrected chi connectivity index (χ1v) is 5.82. The summed E-state index contributed by atoms with van der Waals surface area (Å²) in [5, 5.41) is 13.4. The van der Waals surface area contributed by atoms with E-state index in [4.69, 9.17) is 4.74 Å². The SMILES string of the molecule is C/C=C/CCNC(=O)c1cc([N+](=O)[O-])ccc1OC. The number of nitrogens with one attached hydrogen (secondary N) is 1. The maximum atomic E-state index is 11.9. The Morgan fingerprint density at radius 3 is 2.84 bits per heavy atom. The van der Waals surface area contributed by atoms with Crippen LogP contribution in [-0.2, 0) is 0 Å². The second kappa shape index (κ2) is 7.15. The smallest absolute Gasteiger partial charge is 0.270 e. The molecule has 0 bridgehead atoms. The van der Waals surface area contributed by atoms with Gasteiger partial charge in [-0.1, -0.05) is 12.2 Å². The van der Waals surface area contributed by atoms with E-state index in [9.17, 15) is 14.9 Å². The Kier molecular flexibility index (Phi) is 5.53. The van der Waals surface area contributed by atoms with Crippen molar-refractivity contribution in [3.63, 3.8) is 0 Å². The molecule has 0 aliphatic heterocycles. The minimum Gasteiger partial charge on any atom is -0.496 e. The molecule has 1 N–H and O–H groups in total. The van der Waals surface area contributed by atoms with E-state index >= 15 is 0 Å². The molecule has 1 aromatic carbocycles. The van der Waals surface area contributed by atoms with Gasteiger partial charge in [0, 0.05) is 18.7 Å². The molecule has 6 heteroatoms. The molecule has 0 aliphatic carbocycles. The second-order valence-corrected chi connectivity index (χ2v) is 3.76. The van der Waals surface area contributed by atoms with Gasteiger partial charge < -0.3 is 10.1 Å². The highest BCUT2D eigenvalue weighted by atomic mass is 16.6. The van der Waals surface area contributed by atoms with E-state index in [0.717, 1.165) is 0 Å². The molecule has 0 saturated heterocycles. The second-order valence-electron chi connectivity index (χ2n) is 3.76. The number of ether oxygens (including phenoxy) is 1. The van der Waals surface area contributed by atoms with Crippen LogP contribution in [0.25, 0.3) is 0 Å². The molecule has 0 aromatic heterocycles. The van der Waals surface area contributed by atoms with Gasteiger partial charge in [-0.2, -0.15) is 0 Å². The zero-order chi connectivity index (χ0) is 14.3. The zero-order valence-corrected chi connectivity index (χ0v) is 10.9. The molecule has 6 nitrogen and oxygen atoms in total. The first-order chi connectivity index (χ1) is 9.10. The standard InChI is InChI=1S/C13H16N2O4/c1-3-4-5-8-14-13(16)11-9-10(15(17)18)6-7-12(11)19-2/h3-4,6-7,9H,5,8H2,1-2H3,(H,14,16)/b4-3+. The van der Waals surface area contributed by atoms with Crippen molar-refractivity contribution in [2.75, 3.05) is 13.7 Å². The van der Waals surface area contributed by atoms with Crippen LogP contribution in [-0.4, -0.2) is 24.5 Å². The largest absolute Gasteiger partial charge is 0.496 e. The summed E-state index contributed by atoms with van der Waals surface area (Å²) >= 11 is 0. The predicted octanol–water partition coefficient (Wildman–Crippen LogP) is 2.30. The van der Waals surface area contributed by atoms with E-state index < -0.39 is 4.92 Å². The molecule has 1 aromatic rings. The van der Waals surface area contributed by atoms with Crippen molar-refractivity contribution < 1.29 is 14.5 Å². The highest BCUT2D eigenvalue weighted by Gasteiger charge is 2.16. The maximum Gasteiger partial charge on any atom is 0.270 e. The van der Waals surface area contributed by atoms with Crippen LogP contribution in [0, 0.1) is 10.1 Å².